The highest BCUT2D eigenvalue weighted by molar-refractivity contribution is 5.84. The van der Waals surface area contributed by atoms with Gasteiger partial charge in [-0.15, -0.1) is 0 Å². The van der Waals surface area contributed by atoms with Crippen molar-refractivity contribution in [1.29, 1.82) is 0 Å². The van der Waals surface area contributed by atoms with Crippen LogP contribution in [0.2, 0.25) is 0 Å². The molecule has 1 fully saturated rings. The van der Waals surface area contributed by atoms with E-state index >= 15 is 0 Å². The van der Waals surface area contributed by atoms with E-state index in [4.69, 9.17) is 10.8 Å². The molecule has 6 heteroatoms. The maximum atomic E-state index is 11.4. The van der Waals surface area contributed by atoms with Gasteiger partial charge in [-0.25, -0.2) is 0 Å². The molecule has 1 heterocycles. The average molecular weight is 257 g/mol. The molecule has 6 nitrogen and oxygen atoms in total. The molecule has 0 radical (unpaired) electrons. The van der Waals surface area contributed by atoms with Crippen LogP contribution in [-0.2, 0) is 9.59 Å². The lowest BCUT2D eigenvalue weighted by Crippen LogP contribution is -2.38. The number of hydrogen-bond donors (Lipinski definition) is 3. The minimum atomic E-state index is -1.14. The lowest BCUT2D eigenvalue weighted by Gasteiger charge is -2.28. The first-order valence-corrected chi connectivity index (χ1v) is 6.42. The number of carboxylic acid groups (broad SMARTS) is 1. The molecule has 4 N–H and O–H groups in total. The molecule has 0 aromatic rings. The molecule has 1 aliphatic rings. The Labute approximate surface area is 108 Å². The molecule has 104 valence electrons. The van der Waals surface area contributed by atoms with Crippen molar-refractivity contribution in [2.75, 3.05) is 26.7 Å². The quantitative estimate of drug-likeness (QED) is 0.604. The molecule has 0 spiro atoms. The predicted octanol–water partition coefficient (Wildman–Crippen LogP) is -0.363. The van der Waals surface area contributed by atoms with Crippen molar-refractivity contribution < 1.29 is 14.7 Å². The van der Waals surface area contributed by atoms with E-state index in [9.17, 15) is 9.59 Å². The van der Waals surface area contributed by atoms with Crippen LogP contribution >= 0.6 is 0 Å². The van der Waals surface area contributed by atoms with E-state index in [-0.39, 0.29) is 12.3 Å². The average Bonchev–Trinajstić information content (AvgIpc) is 2.31. The summed E-state index contributed by atoms with van der Waals surface area (Å²) in [7, 11) is 2.12. The third kappa shape index (κ3) is 5.46. The first-order chi connectivity index (χ1) is 8.49. The van der Waals surface area contributed by atoms with Crippen molar-refractivity contribution in [3.63, 3.8) is 0 Å². The number of amides is 1. The van der Waals surface area contributed by atoms with Gasteiger partial charge in [0, 0.05) is 6.54 Å². The number of nitrogens with two attached hydrogens (primary N) is 1. The molecular weight excluding hydrogens is 234 g/mol. The summed E-state index contributed by atoms with van der Waals surface area (Å²) in [5.74, 6) is -0.757. The molecule has 0 aromatic carbocycles. The highest BCUT2D eigenvalue weighted by atomic mass is 16.4. The fraction of sp³-hybridized carbons (Fsp3) is 0.833. The monoisotopic (exact) mass is 257 g/mol. The van der Waals surface area contributed by atoms with Gasteiger partial charge in [-0.1, -0.05) is 0 Å². The van der Waals surface area contributed by atoms with E-state index in [0.717, 1.165) is 19.5 Å². The molecule has 1 unspecified atom stereocenters. The summed E-state index contributed by atoms with van der Waals surface area (Å²) in [6, 6.07) is -1.10. The minimum absolute atomic E-state index is 0.150. The zero-order chi connectivity index (χ0) is 13.5. The third-order valence-corrected chi connectivity index (χ3v) is 3.44. The molecule has 0 bridgehead atoms. The van der Waals surface area contributed by atoms with Gasteiger partial charge in [0.25, 0.3) is 0 Å². The largest absolute Gasteiger partial charge is 0.480 e. The Morgan fingerprint density at radius 1 is 1.44 bits per heavy atom. The first kappa shape index (κ1) is 14.9. The number of likely N-dealkylation sites (tertiary alicyclic amines) is 1. The molecule has 1 aliphatic heterocycles. The van der Waals surface area contributed by atoms with Crippen LogP contribution in [0.5, 0.6) is 0 Å². The topological polar surface area (TPSA) is 95.7 Å². The molecule has 0 aromatic heterocycles. The van der Waals surface area contributed by atoms with Gasteiger partial charge in [-0.3, -0.25) is 9.59 Å². The van der Waals surface area contributed by atoms with Crippen molar-refractivity contribution in [3.05, 3.63) is 0 Å². The zero-order valence-corrected chi connectivity index (χ0v) is 10.9. The van der Waals surface area contributed by atoms with E-state index in [1.54, 1.807) is 0 Å². The lowest BCUT2D eigenvalue weighted by atomic mass is 9.94. The first-order valence-electron chi connectivity index (χ1n) is 6.42. The second-order valence-corrected chi connectivity index (χ2v) is 5.03. The molecule has 18 heavy (non-hydrogen) atoms. The van der Waals surface area contributed by atoms with E-state index in [1.807, 2.05) is 0 Å². The summed E-state index contributed by atoms with van der Waals surface area (Å²) in [6.45, 7) is 2.84. The number of hydrogen-bond acceptors (Lipinski definition) is 4. The van der Waals surface area contributed by atoms with Gasteiger partial charge in [0.05, 0.1) is 6.42 Å². The number of nitrogens with zero attached hydrogens (tertiary/aromatic N) is 1. The van der Waals surface area contributed by atoms with Crippen molar-refractivity contribution in [2.24, 2.45) is 11.7 Å². The number of carboxylic acids is 1. The molecule has 1 amide bonds. The second kappa shape index (κ2) is 7.33. The Hall–Kier alpha value is -1.14. The fourth-order valence-corrected chi connectivity index (χ4v) is 2.13. The van der Waals surface area contributed by atoms with Crippen molar-refractivity contribution in [2.45, 2.75) is 31.7 Å². The summed E-state index contributed by atoms with van der Waals surface area (Å²) < 4.78 is 0. The van der Waals surface area contributed by atoms with Gasteiger partial charge in [-0.05, 0) is 45.3 Å². The van der Waals surface area contributed by atoms with Crippen LogP contribution < -0.4 is 11.1 Å². The molecule has 0 aliphatic carbocycles. The van der Waals surface area contributed by atoms with E-state index in [0.29, 0.717) is 12.5 Å². The van der Waals surface area contributed by atoms with Crippen molar-refractivity contribution >= 4 is 11.9 Å². The van der Waals surface area contributed by atoms with Crippen LogP contribution in [0.15, 0.2) is 0 Å². The predicted molar refractivity (Wildman–Crippen MR) is 68.1 cm³/mol. The van der Waals surface area contributed by atoms with Gasteiger partial charge in [-0.2, -0.15) is 0 Å². The van der Waals surface area contributed by atoms with E-state index < -0.39 is 12.0 Å². The van der Waals surface area contributed by atoms with Crippen LogP contribution in [0.4, 0.5) is 0 Å². The van der Waals surface area contributed by atoms with Gasteiger partial charge < -0.3 is 21.1 Å². The third-order valence-electron chi connectivity index (χ3n) is 3.44. The van der Waals surface area contributed by atoms with Crippen LogP contribution in [0.1, 0.15) is 25.7 Å². The van der Waals surface area contributed by atoms with Crippen LogP contribution in [0.3, 0.4) is 0 Å². The van der Waals surface area contributed by atoms with E-state index in [1.165, 1.54) is 12.8 Å². The van der Waals surface area contributed by atoms with Crippen molar-refractivity contribution in [3.8, 4) is 0 Å². The maximum absolute atomic E-state index is 11.4. The summed E-state index contributed by atoms with van der Waals surface area (Å²) in [6.07, 6.45) is 3.15. The van der Waals surface area contributed by atoms with Crippen LogP contribution in [0.25, 0.3) is 0 Å². The Morgan fingerprint density at radius 2 is 2.06 bits per heavy atom. The van der Waals surface area contributed by atoms with E-state index in [2.05, 4.69) is 17.3 Å². The number of aliphatic carboxylic acids is 1. The van der Waals surface area contributed by atoms with Gasteiger partial charge in [0.1, 0.15) is 6.04 Å². The minimum Gasteiger partial charge on any atom is -0.480 e. The summed E-state index contributed by atoms with van der Waals surface area (Å²) in [5, 5.41) is 11.3. The summed E-state index contributed by atoms with van der Waals surface area (Å²) in [5.41, 5.74) is 5.28. The molecular formula is C12H23N3O3. The van der Waals surface area contributed by atoms with Crippen LogP contribution in [0, 0.1) is 5.92 Å². The van der Waals surface area contributed by atoms with Crippen LogP contribution in [-0.4, -0.2) is 54.6 Å². The highest BCUT2D eigenvalue weighted by Crippen LogP contribution is 2.18. The highest BCUT2D eigenvalue weighted by Gasteiger charge is 2.18. The Balaban J connectivity index is 2.10. The number of nitrogens with one attached hydrogen (secondary N) is 1. The van der Waals surface area contributed by atoms with Gasteiger partial charge in [0.15, 0.2) is 0 Å². The zero-order valence-electron chi connectivity index (χ0n) is 10.9. The number of piperidine rings is 1. The van der Waals surface area contributed by atoms with Gasteiger partial charge >= 0.3 is 5.97 Å². The Kier molecular flexibility index (Phi) is 6.07. The van der Waals surface area contributed by atoms with Gasteiger partial charge in [0.2, 0.25) is 5.91 Å². The molecule has 0 saturated carbocycles. The smallest absolute Gasteiger partial charge is 0.321 e. The standard InChI is InChI=1S/C12H23N3O3/c1-15-6-3-9(4-7-15)2-5-14-11(16)8-10(13)12(17)18/h9-10H,2-8,13H2,1H3,(H,14,16)(H,17,18). The van der Waals surface area contributed by atoms with Crippen molar-refractivity contribution in [1.82, 2.24) is 10.2 Å². The Morgan fingerprint density at radius 3 is 2.61 bits per heavy atom. The molecule has 1 atom stereocenters. The second-order valence-electron chi connectivity index (χ2n) is 5.03. The summed E-state index contributed by atoms with van der Waals surface area (Å²) in [4.78, 5) is 24.2. The number of carbonyl (C=O) groups is 2. The summed E-state index contributed by atoms with van der Waals surface area (Å²) >= 11 is 0. The molecule has 1 rings (SSSR count). The fourth-order valence-electron chi connectivity index (χ4n) is 2.13. The number of rotatable bonds is 6. The lowest BCUT2D eigenvalue weighted by molar-refractivity contribution is -0.140. The SMILES string of the molecule is CN1CCC(CCNC(=O)CC(N)C(=O)O)CC1. The normalized spacial score (nSPS) is 19.4. The maximum Gasteiger partial charge on any atom is 0.321 e. The molecule has 1 saturated heterocycles. The number of carbonyl (C=O) groups excluding carboxylic acids is 1. The Bertz CT molecular complexity index is 288.